The highest BCUT2D eigenvalue weighted by atomic mass is 16.2. The smallest absolute Gasteiger partial charge is 0.279 e. The number of nitrogens with zero attached hydrogens (tertiary/aromatic N) is 1. The molecule has 1 aromatic rings. The minimum Gasteiger partial charge on any atom is -0.347 e. The Morgan fingerprint density at radius 1 is 1.08 bits per heavy atom. The van der Waals surface area contributed by atoms with Gasteiger partial charge in [-0.05, 0) is 18.1 Å². The third kappa shape index (κ3) is 6.78. The zero-order valence-corrected chi connectivity index (χ0v) is 14.8. The molecule has 0 aliphatic rings. The van der Waals surface area contributed by atoms with Gasteiger partial charge in [-0.1, -0.05) is 25.1 Å². The van der Waals surface area contributed by atoms with Crippen molar-refractivity contribution in [3.8, 4) is 0 Å². The first-order valence-electron chi connectivity index (χ1n) is 7.99. The van der Waals surface area contributed by atoms with Gasteiger partial charge in [-0.3, -0.25) is 14.4 Å². The quantitative estimate of drug-likeness (QED) is 0.564. The normalized spacial score (nSPS) is 11.5. The van der Waals surface area contributed by atoms with Gasteiger partial charge in [-0.25, -0.2) is 0 Å². The summed E-state index contributed by atoms with van der Waals surface area (Å²) in [6.45, 7) is 2.30. The van der Waals surface area contributed by atoms with Crippen molar-refractivity contribution < 1.29 is 19.3 Å². The van der Waals surface area contributed by atoms with Crippen LogP contribution in [0, 0.1) is 0 Å². The summed E-state index contributed by atoms with van der Waals surface area (Å²) in [5.41, 5.74) is 1.88. The van der Waals surface area contributed by atoms with E-state index in [-0.39, 0.29) is 37.4 Å². The minimum atomic E-state index is -0.260. The van der Waals surface area contributed by atoms with Crippen molar-refractivity contribution in [1.29, 1.82) is 0 Å². The number of likely N-dealkylation sites (N-methyl/N-ethyl adjacent to an activating group) is 2. The van der Waals surface area contributed by atoms with Gasteiger partial charge >= 0.3 is 0 Å². The average molecular weight is 335 g/mol. The average Bonchev–Trinajstić information content (AvgIpc) is 2.52. The van der Waals surface area contributed by atoms with E-state index in [1.54, 1.807) is 21.1 Å². The molecule has 0 aliphatic heterocycles. The molecule has 7 nitrogen and oxygen atoms in total. The Morgan fingerprint density at radius 3 is 2.33 bits per heavy atom. The summed E-state index contributed by atoms with van der Waals surface area (Å²) in [6, 6.07) is 7.65. The summed E-state index contributed by atoms with van der Waals surface area (Å²) < 4.78 is 0. The number of carbonyl (C=O) groups excluding carboxylic acids is 3. The zero-order chi connectivity index (χ0) is 18.1. The molecule has 3 N–H and O–H groups in total. The summed E-state index contributed by atoms with van der Waals surface area (Å²) in [4.78, 5) is 37.5. The van der Waals surface area contributed by atoms with Crippen molar-refractivity contribution in [2.45, 2.75) is 13.3 Å². The van der Waals surface area contributed by atoms with E-state index >= 15 is 0 Å². The molecule has 132 valence electrons. The summed E-state index contributed by atoms with van der Waals surface area (Å²) in [6.07, 6.45) is 0.835. The molecule has 0 fully saturated rings. The molecule has 0 saturated carbocycles. The number of rotatable bonds is 8. The number of nitrogens with one attached hydrogen (secondary N) is 3. The number of amides is 3. The Bertz CT molecular complexity index is 587. The van der Waals surface area contributed by atoms with Gasteiger partial charge < -0.3 is 20.4 Å². The predicted octanol–water partition coefficient (Wildman–Crippen LogP) is -1.09. The van der Waals surface area contributed by atoms with Gasteiger partial charge in [0.25, 0.3) is 11.8 Å². The van der Waals surface area contributed by atoms with Crippen molar-refractivity contribution >= 4 is 23.4 Å². The van der Waals surface area contributed by atoms with E-state index in [9.17, 15) is 14.4 Å². The first-order valence-corrected chi connectivity index (χ1v) is 7.99. The van der Waals surface area contributed by atoms with Crippen molar-refractivity contribution in [2.75, 3.05) is 46.1 Å². The maximum absolute atomic E-state index is 12.1. The molecule has 1 aromatic carbocycles. The predicted molar refractivity (Wildman–Crippen MR) is 92.8 cm³/mol. The molecule has 0 heterocycles. The van der Waals surface area contributed by atoms with E-state index in [0.717, 1.165) is 22.6 Å². The number of anilines is 1. The summed E-state index contributed by atoms with van der Waals surface area (Å²) in [7, 11) is 5.02. The molecule has 7 heteroatoms. The molecule has 1 atom stereocenters. The van der Waals surface area contributed by atoms with Crippen LogP contribution in [0.15, 0.2) is 24.3 Å². The number of aryl methyl sites for hydroxylation is 1. The molecule has 0 spiro atoms. The number of para-hydroxylation sites is 1. The second-order valence-corrected chi connectivity index (χ2v) is 5.93. The summed E-state index contributed by atoms with van der Waals surface area (Å²) in [5.74, 6) is -0.579. The van der Waals surface area contributed by atoms with Crippen molar-refractivity contribution in [3.05, 3.63) is 29.8 Å². The van der Waals surface area contributed by atoms with E-state index < -0.39 is 0 Å². The second-order valence-electron chi connectivity index (χ2n) is 5.93. The molecular weight excluding hydrogens is 308 g/mol. The third-order valence-electron chi connectivity index (χ3n) is 3.53. The van der Waals surface area contributed by atoms with Crippen LogP contribution in [0.2, 0.25) is 0 Å². The maximum Gasteiger partial charge on any atom is 0.279 e. The molecule has 24 heavy (non-hydrogen) atoms. The lowest BCUT2D eigenvalue weighted by Gasteiger charge is -2.15. The van der Waals surface area contributed by atoms with Crippen LogP contribution in [0.1, 0.15) is 12.5 Å². The Morgan fingerprint density at radius 2 is 1.71 bits per heavy atom. The van der Waals surface area contributed by atoms with E-state index in [2.05, 4.69) is 10.6 Å². The summed E-state index contributed by atoms with van der Waals surface area (Å²) in [5, 5.41) is 5.43. The standard InChI is InChI=1S/C17H26N4O3/c1-5-13-8-6-7-9-14(13)19-16(23)12-21(4)11-15(22)18-10-17(24)20(2)3/h6-9H,5,10-12H2,1-4H3,(H,18,22)(H,19,23)/p+1. The van der Waals surface area contributed by atoms with Crippen molar-refractivity contribution in [2.24, 2.45) is 0 Å². The Balaban J connectivity index is 2.41. The topological polar surface area (TPSA) is 83.0 Å². The zero-order valence-electron chi connectivity index (χ0n) is 14.8. The van der Waals surface area contributed by atoms with Gasteiger partial charge in [-0.15, -0.1) is 0 Å². The van der Waals surface area contributed by atoms with E-state index in [1.807, 2.05) is 31.2 Å². The fraction of sp³-hybridized carbons (Fsp3) is 0.471. The molecular formula is C17H27N4O3+. The molecule has 3 amide bonds. The number of hydrogen-bond donors (Lipinski definition) is 3. The van der Waals surface area contributed by atoms with E-state index in [0.29, 0.717) is 0 Å². The van der Waals surface area contributed by atoms with Crippen LogP contribution >= 0.6 is 0 Å². The fourth-order valence-electron chi connectivity index (χ4n) is 2.15. The maximum atomic E-state index is 12.1. The van der Waals surface area contributed by atoms with Gasteiger partial charge in [-0.2, -0.15) is 0 Å². The molecule has 0 radical (unpaired) electrons. The van der Waals surface area contributed by atoms with Crippen LogP contribution in [-0.4, -0.2) is 63.4 Å². The first-order chi connectivity index (χ1) is 11.3. The van der Waals surface area contributed by atoms with Gasteiger partial charge in [0.2, 0.25) is 5.91 Å². The van der Waals surface area contributed by atoms with Crippen LogP contribution in [0.25, 0.3) is 0 Å². The Hall–Kier alpha value is -2.41. The van der Waals surface area contributed by atoms with Crippen LogP contribution < -0.4 is 15.5 Å². The molecule has 1 unspecified atom stereocenters. The highest BCUT2D eigenvalue weighted by Crippen LogP contribution is 2.14. The van der Waals surface area contributed by atoms with Crippen LogP contribution in [0.4, 0.5) is 5.69 Å². The highest BCUT2D eigenvalue weighted by molar-refractivity contribution is 5.92. The van der Waals surface area contributed by atoms with E-state index in [1.165, 1.54) is 4.90 Å². The number of hydrogen-bond acceptors (Lipinski definition) is 3. The summed E-state index contributed by atoms with van der Waals surface area (Å²) >= 11 is 0. The van der Waals surface area contributed by atoms with Crippen LogP contribution in [-0.2, 0) is 20.8 Å². The highest BCUT2D eigenvalue weighted by Gasteiger charge is 2.16. The fourth-order valence-corrected chi connectivity index (χ4v) is 2.15. The van der Waals surface area contributed by atoms with Crippen molar-refractivity contribution in [1.82, 2.24) is 10.2 Å². The van der Waals surface area contributed by atoms with Gasteiger partial charge in [0, 0.05) is 19.8 Å². The lowest BCUT2D eigenvalue weighted by molar-refractivity contribution is -0.862. The van der Waals surface area contributed by atoms with Gasteiger partial charge in [0.15, 0.2) is 13.1 Å². The first kappa shape index (κ1) is 19.6. The number of quaternary nitrogens is 1. The lowest BCUT2D eigenvalue weighted by Crippen LogP contribution is -3.11. The van der Waals surface area contributed by atoms with Gasteiger partial charge in [0.05, 0.1) is 13.6 Å². The molecule has 1 rings (SSSR count). The van der Waals surface area contributed by atoms with Crippen LogP contribution in [0.5, 0.6) is 0 Å². The third-order valence-corrected chi connectivity index (χ3v) is 3.53. The number of benzene rings is 1. The molecule has 0 bridgehead atoms. The second kappa shape index (κ2) is 9.67. The van der Waals surface area contributed by atoms with Crippen molar-refractivity contribution in [3.63, 3.8) is 0 Å². The molecule has 0 saturated heterocycles. The Kier molecular flexibility index (Phi) is 7.91. The van der Waals surface area contributed by atoms with Gasteiger partial charge in [0.1, 0.15) is 0 Å². The lowest BCUT2D eigenvalue weighted by atomic mass is 10.1. The van der Waals surface area contributed by atoms with E-state index in [4.69, 9.17) is 0 Å². The monoisotopic (exact) mass is 335 g/mol. The Labute approximate surface area is 143 Å². The SMILES string of the molecule is CCc1ccccc1NC(=O)C[NH+](C)CC(=O)NCC(=O)N(C)C. The number of carbonyl (C=O) groups is 3. The molecule has 0 aromatic heterocycles. The largest absolute Gasteiger partial charge is 0.347 e. The molecule has 0 aliphatic carbocycles. The van der Waals surface area contributed by atoms with Crippen LogP contribution in [0.3, 0.4) is 0 Å². The minimum absolute atomic E-state index is 0.0326.